The minimum absolute atomic E-state index is 0.0237. The molecule has 0 aliphatic heterocycles. The first-order chi connectivity index (χ1) is 3.18. The summed E-state index contributed by atoms with van der Waals surface area (Å²) in [5.41, 5.74) is 0. The number of hydrogen-bond donors (Lipinski definition) is 0. The molecule has 1 atom stereocenters. The van der Waals surface area contributed by atoms with Crippen LogP contribution in [0.25, 0.3) is 0 Å². The van der Waals surface area contributed by atoms with Gasteiger partial charge in [-0.25, -0.2) is 0 Å². The first-order valence-electron chi connectivity index (χ1n) is 1.58. The lowest BCUT2D eigenvalue weighted by atomic mass is 10.6. The number of hydrogen-bond acceptors (Lipinski definition) is 1. The lowest BCUT2D eigenvalue weighted by Crippen LogP contribution is -2.06. The second-order valence-corrected chi connectivity index (χ2v) is 3.46. The van der Waals surface area contributed by atoms with Crippen molar-refractivity contribution in [3.63, 3.8) is 0 Å². The summed E-state index contributed by atoms with van der Waals surface area (Å²) >= 11 is 9.00. The molecule has 0 radical (unpaired) electrons. The average Bonchev–Trinajstić information content (AvgIpc) is 1.65. The van der Waals surface area contributed by atoms with Gasteiger partial charge >= 0.3 is 0 Å². The fraction of sp³-hybridized carbons (Fsp3) is 0.667. The zero-order chi connectivity index (χ0) is 5.86. The fourth-order valence-corrected chi connectivity index (χ4v) is 0.951. The van der Waals surface area contributed by atoms with Crippen LogP contribution in [0.4, 0.5) is 0 Å². The zero-order valence-electron chi connectivity index (χ0n) is 3.33. The van der Waals surface area contributed by atoms with Crippen LogP contribution >= 0.6 is 47.8 Å². The molecule has 0 aromatic carbocycles. The van der Waals surface area contributed by atoms with Gasteiger partial charge in [0.1, 0.15) is 0 Å². The summed E-state index contributed by atoms with van der Waals surface area (Å²) in [7, 11) is 0. The molecule has 0 heterocycles. The Labute approximate surface area is 67.2 Å². The molecule has 0 aromatic heterocycles. The van der Waals surface area contributed by atoms with Crippen molar-refractivity contribution in [2.75, 3.05) is 5.33 Å². The molecular weight excluding hydrogens is 292 g/mol. The minimum Gasteiger partial charge on any atom is -0.285 e. The molecule has 1 nitrogen and oxygen atoms in total. The zero-order valence-corrected chi connectivity index (χ0v) is 8.08. The maximum atomic E-state index is 10.2. The summed E-state index contributed by atoms with van der Waals surface area (Å²) in [5, 5.41) is 0.650. The largest absolute Gasteiger partial charge is 0.285 e. The van der Waals surface area contributed by atoms with Crippen molar-refractivity contribution in [1.82, 2.24) is 0 Å². The Bertz CT molecular complexity index is 72.6. The highest BCUT2D eigenvalue weighted by molar-refractivity contribution is 9.20. The van der Waals surface area contributed by atoms with Crippen molar-refractivity contribution < 1.29 is 4.79 Å². The quantitative estimate of drug-likeness (QED) is 0.563. The normalized spacial score (nSPS) is 13.6. The van der Waals surface area contributed by atoms with Gasteiger partial charge in [-0.3, -0.25) is 4.79 Å². The Balaban J connectivity index is 3.34. The van der Waals surface area contributed by atoms with Crippen LogP contribution < -0.4 is 0 Å². The summed E-state index contributed by atoms with van der Waals surface area (Å²) in [6, 6.07) is 0. The van der Waals surface area contributed by atoms with Crippen molar-refractivity contribution in [2.45, 2.75) is 4.83 Å². The van der Waals surface area contributed by atoms with Gasteiger partial charge in [0.2, 0.25) is 4.69 Å². The van der Waals surface area contributed by atoms with Crippen LogP contribution in [0.2, 0.25) is 0 Å². The highest BCUT2D eigenvalue weighted by Crippen LogP contribution is 2.07. The van der Waals surface area contributed by atoms with Crippen molar-refractivity contribution in [2.24, 2.45) is 0 Å². The topological polar surface area (TPSA) is 17.1 Å². The van der Waals surface area contributed by atoms with Crippen LogP contribution in [-0.2, 0) is 4.79 Å². The Kier molecular flexibility index (Phi) is 4.68. The van der Waals surface area contributed by atoms with E-state index in [9.17, 15) is 4.79 Å². The standard InChI is InChI=1S/C3H3Br3O/c4-1-2(5)3(6)7/h2H,1H2. The fourth-order valence-electron chi connectivity index (χ4n) is 0.0607. The molecule has 0 aliphatic carbocycles. The predicted molar refractivity (Wildman–Crippen MR) is 40.4 cm³/mol. The molecule has 0 spiro atoms. The van der Waals surface area contributed by atoms with Crippen LogP contribution in [0.15, 0.2) is 0 Å². The second kappa shape index (κ2) is 4.04. The number of carbonyl (C=O) groups excluding carboxylic acids is 1. The molecule has 42 valence electrons. The molecular formula is C3H3Br3O. The first-order valence-corrected chi connectivity index (χ1v) is 4.41. The van der Waals surface area contributed by atoms with Crippen LogP contribution in [0.1, 0.15) is 0 Å². The minimum atomic E-state index is -0.0903. The molecule has 0 amide bonds. The van der Waals surface area contributed by atoms with E-state index in [1.165, 1.54) is 0 Å². The van der Waals surface area contributed by atoms with Gasteiger partial charge in [-0.05, 0) is 15.9 Å². The molecule has 0 saturated heterocycles. The monoisotopic (exact) mass is 292 g/mol. The maximum Gasteiger partial charge on any atom is 0.212 e. The average molecular weight is 295 g/mol. The van der Waals surface area contributed by atoms with Crippen LogP contribution in [0.5, 0.6) is 0 Å². The molecule has 4 heteroatoms. The molecule has 0 bridgehead atoms. The third kappa shape index (κ3) is 3.67. The first kappa shape index (κ1) is 8.11. The SMILES string of the molecule is O=C(Br)C(Br)CBr. The van der Waals surface area contributed by atoms with E-state index in [1.807, 2.05) is 0 Å². The summed E-state index contributed by atoms with van der Waals surface area (Å²) in [6.07, 6.45) is 0. The van der Waals surface area contributed by atoms with Gasteiger partial charge < -0.3 is 0 Å². The van der Waals surface area contributed by atoms with E-state index in [0.717, 1.165) is 0 Å². The van der Waals surface area contributed by atoms with Crippen molar-refractivity contribution >= 4 is 52.5 Å². The van der Waals surface area contributed by atoms with Gasteiger partial charge in [-0.1, -0.05) is 31.9 Å². The number of alkyl halides is 2. The van der Waals surface area contributed by atoms with Crippen LogP contribution in [0, 0.1) is 0 Å². The summed E-state index contributed by atoms with van der Waals surface area (Å²) < 4.78 is -0.0237. The molecule has 0 aliphatic rings. The lowest BCUT2D eigenvalue weighted by Gasteiger charge is -1.92. The van der Waals surface area contributed by atoms with Crippen molar-refractivity contribution in [1.29, 1.82) is 0 Å². The van der Waals surface area contributed by atoms with E-state index in [4.69, 9.17) is 0 Å². The molecule has 0 aromatic rings. The third-order valence-electron chi connectivity index (χ3n) is 0.382. The lowest BCUT2D eigenvalue weighted by molar-refractivity contribution is -0.109. The Morgan fingerprint density at radius 3 is 2.14 bits per heavy atom. The van der Waals surface area contributed by atoms with Gasteiger partial charge in [-0.15, -0.1) is 0 Å². The number of carbonyl (C=O) groups is 1. The van der Waals surface area contributed by atoms with Crippen LogP contribution in [0.3, 0.4) is 0 Å². The van der Waals surface area contributed by atoms with E-state index < -0.39 is 0 Å². The summed E-state index contributed by atoms with van der Waals surface area (Å²) in [6.45, 7) is 0. The number of halogens is 3. The van der Waals surface area contributed by atoms with Crippen molar-refractivity contribution in [3.8, 4) is 0 Å². The van der Waals surface area contributed by atoms with Crippen LogP contribution in [-0.4, -0.2) is 14.8 Å². The molecule has 0 saturated carbocycles. The van der Waals surface area contributed by atoms with Gasteiger partial charge in [-0.2, -0.15) is 0 Å². The molecule has 0 rings (SSSR count). The molecule has 0 fully saturated rings. The Morgan fingerprint density at radius 2 is 2.14 bits per heavy atom. The maximum absolute atomic E-state index is 10.2. The van der Waals surface area contributed by atoms with E-state index in [0.29, 0.717) is 5.33 Å². The predicted octanol–water partition coefficient (Wildman–Crippen LogP) is 2.07. The van der Waals surface area contributed by atoms with E-state index in [-0.39, 0.29) is 9.52 Å². The molecule has 1 unspecified atom stereocenters. The summed E-state index contributed by atoms with van der Waals surface area (Å²) in [5.74, 6) is 0. The van der Waals surface area contributed by atoms with E-state index >= 15 is 0 Å². The Hall–Kier alpha value is 1.11. The van der Waals surface area contributed by atoms with Gasteiger partial charge in [0.05, 0.1) is 4.83 Å². The highest BCUT2D eigenvalue weighted by Gasteiger charge is 2.07. The third-order valence-corrected chi connectivity index (χ3v) is 3.80. The summed E-state index contributed by atoms with van der Waals surface area (Å²) in [4.78, 5) is 10.1. The second-order valence-electron chi connectivity index (χ2n) is 0.926. The Morgan fingerprint density at radius 1 is 1.71 bits per heavy atom. The highest BCUT2D eigenvalue weighted by atomic mass is 79.9. The van der Waals surface area contributed by atoms with Gasteiger partial charge in [0, 0.05) is 5.33 Å². The van der Waals surface area contributed by atoms with Crippen molar-refractivity contribution in [3.05, 3.63) is 0 Å². The van der Waals surface area contributed by atoms with Gasteiger partial charge in [0.15, 0.2) is 0 Å². The number of rotatable bonds is 2. The smallest absolute Gasteiger partial charge is 0.212 e. The van der Waals surface area contributed by atoms with E-state index in [1.54, 1.807) is 0 Å². The molecule has 7 heavy (non-hydrogen) atoms. The van der Waals surface area contributed by atoms with E-state index in [2.05, 4.69) is 47.8 Å². The molecule has 0 N–H and O–H groups in total. The van der Waals surface area contributed by atoms with Gasteiger partial charge in [0.25, 0.3) is 0 Å².